The molecular weight excluding hydrogens is 150 g/mol. The Morgan fingerprint density at radius 3 is 2.50 bits per heavy atom. The van der Waals surface area contributed by atoms with Crippen LogP contribution in [0.4, 0.5) is 0 Å². The average molecular weight is 163 g/mol. The number of benzene rings is 1. The van der Waals surface area contributed by atoms with Gasteiger partial charge in [-0.15, -0.1) is 0 Å². The van der Waals surface area contributed by atoms with E-state index in [2.05, 4.69) is 4.99 Å². The van der Waals surface area contributed by atoms with Crippen LogP contribution in [0.5, 0.6) is 5.75 Å². The van der Waals surface area contributed by atoms with Crippen LogP contribution in [0, 0.1) is 0 Å². The summed E-state index contributed by atoms with van der Waals surface area (Å²) in [4.78, 5) is 3.92. The maximum Gasteiger partial charge on any atom is 0.119 e. The van der Waals surface area contributed by atoms with E-state index in [9.17, 15) is 0 Å². The maximum absolute atomic E-state index is 5.29. The molecule has 0 N–H and O–H groups in total. The van der Waals surface area contributed by atoms with Gasteiger partial charge in [0.15, 0.2) is 0 Å². The Balaban J connectivity index is 2.71. The zero-order chi connectivity index (χ0) is 8.81. The van der Waals surface area contributed by atoms with Crippen molar-refractivity contribution >= 4 is 6.21 Å². The second-order valence-electron chi connectivity index (χ2n) is 2.39. The first-order valence-electron chi connectivity index (χ1n) is 4.02. The Hall–Kier alpha value is -1.31. The highest BCUT2D eigenvalue weighted by atomic mass is 16.5. The number of aliphatic imine (C=N–C) groups is 1. The Morgan fingerprint density at radius 2 is 2.00 bits per heavy atom. The van der Waals surface area contributed by atoms with Gasteiger partial charge in [0.25, 0.3) is 0 Å². The van der Waals surface area contributed by atoms with E-state index in [1.165, 1.54) is 0 Å². The fraction of sp³-hybridized carbons (Fsp3) is 0.300. The van der Waals surface area contributed by atoms with Crippen LogP contribution in [0.3, 0.4) is 0 Å². The molecule has 0 bridgehead atoms. The summed E-state index contributed by atoms with van der Waals surface area (Å²) in [5.41, 5.74) is 1.10. The van der Waals surface area contributed by atoms with Gasteiger partial charge in [0.05, 0.1) is 6.61 Å². The number of hydrogen-bond acceptors (Lipinski definition) is 2. The first-order chi connectivity index (χ1) is 5.86. The van der Waals surface area contributed by atoms with Crippen molar-refractivity contribution in [1.82, 2.24) is 0 Å². The van der Waals surface area contributed by atoms with Crippen LogP contribution >= 0.6 is 0 Å². The number of nitrogens with zero attached hydrogens (tertiary/aromatic N) is 1. The fourth-order valence-corrected chi connectivity index (χ4v) is 0.966. The van der Waals surface area contributed by atoms with Crippen molar-refractivity contribution in [3.05, 3.63) is 29.8 Å². The monoisotopic (exact) mass is 163 g/mol. The third-order valence-electron chi connectivity index (χ3n) is 1.47. The van der Waals surface area contributed by atoms with E-state index in [-0.39, 0.29) is 0 Å². The lowest BCUT2D eigenvalue weighted by Gasteiger charge is -2.01. The van der Waals surface area contributed by atoms with Crippen LogP contribution in [0.2, 0.25) is 0 Å². The number of rotatable bonds is 3. The largest absolute Gasteiger partial charge is 0.494 e. The molecule has 0 aliphatic rings. The summed E-state index contributed by atoms with van der Waals surface area (Å²) >= 11 is 0. The molecule has 0 aliphatic carbocycles. The van der Waals surface area contributed by atoms with Gasteiger partial charge in [-0.05, 0) is 36.8 Å². The minimum atomic E-state index is 0.710. The minimum absolute atomic E-state index is 0.710. The van der Waals surface area contributed by atoms with Gasteiger partial charge in [0, 0.05) is 13.3 Å². The Labute approximate surface area is 72.9 Å². The van der Waals surface area contributed by atoms with Crippen molar-refractivity contribution in [2.24, 2.45) is 4.99 Å². The number of hydrogen-bond donors (Lipinski definition) is 0. The molecule has 0 saturated heterocycles. The molecule has 0 heterocycles. The third-order valence-corrected chi connectivity index (χ3v) is 1.47. The highest BCUT2D eigenvalue weighted by molar-refractivity contribution is 5.79. The summed E-state index contributed by atoms with van der Waals surface area (Å²) in [6.45, 7) is 2.68. The number of ether oxygens (including phenoxy) is 1. The van der Waals surface area contributed by atoms with E-state index >= 15 is 0 Å². The molecule has 0 fully saturated rings. The Bertz CT molecular complexity index is 251. The minimum Gasteiger partial charge on any atom is -0.494 e. The maximum atomic E-state index is 5.29. The highest BCUT2D eigenvalue weighted by Crippen LogP contribution is 2.10. The van der Waals surface area contributed by atoms with Crippen LogP contribution < -0.4 is 4.74 Å². The smallest absolute Gasteiger partial charge is 0.119 e. The molecule has 1 rings (SSSR count). The second kappa shape index (κ2) is 4.54. The topological polar surface area (TPSA) is 21.6 Å². The molecule has 2 nitrogen and oxygen atoms in total. The molecule has 2 heteroatoms. The molecule has 0 radical (unpaired) electrons. The summed E-state index contributed by atoms with van der Waals surface area (Å²) in [5.74, 6) is 0.908. The van der Waals surface area contributed by atoms with Crippen molar-refractivity contribution in [3.8, 4) is 5.75 Å². The van der Waals surface area contributed by atoms with Crippen LogP contribution in [-0.2, 0) is 0 Å². The first-order valence-corrected chi connectivity index (χ1v) is 4.02. The quantitative estimate of drug-likeness (QED) is 0.625. The van der Waals surface area contributed by atoms with Crippen molar-refractivity contribution in [3.63, 3.8) is 0 Å². The summed E-state index contributed by atoms with van der Waals surface area (Å²) < 4.78 is 5.29. The van der Waals surface area contributed by atoms with Gasteiger partial charge < -0.3 is 4.74 Å². The molecule has 1 aromatic carbocycles. The van der Waals surface area contributed by atoms with E-state index in [1.807, 2.05) is 37.4 Å². The molecule has 0 aromatic heterocycles. The molecule has 0 amide bonds. The van der Waals surface area contributed by atoms with Gasteiger partial charge in [0.2, 0.25) is 0 Å². The normalized spacial score (nSPS) is 10.5. The molecule has 0 unspecified atom stereocenters. The SMILES string of the molecule is CCOc1ccc(C=NC)cc1. The average Bonchev–Trinajstić information content (AvgIpc) is 2.09. The first kappa shape index (κ1) is 8.78. The summed E-state index contributed by atoms with van der Waals surface area (Å²) in [6, 6.07) is 7.86. The predicted octanol–water partition coefficient (Wildman–Crippen LogP) is 2.13. The summed E-state index contributed by atoms with van der Waals surface area (Å²) in [6.07, 6.45) is 1.82. The van der Waals surface area contributed by atoms with Gasteiger partial charge in [-0.2, -0.15) is 0 Å². The molecule has 0 aliphatic heterocycles. The van der Waals surface area contributed by atoms with E-state index in [0.29, 0.717) is 6.61 Å². The van der Waals surface area contributed by atoms with Gasteiger partial charge in [-0.25, -0.2) is 0 Å². The summed E-state index contributed by atoms with van der Waals surface area (Å²) in [7, 11) is 1.76. The molecule has 12 heavy (non-hydrogen) atoms. The highest BCUT2D eigenvalue weighted by Gasteiger charge is 1.90. The van der Waals surface area contributed by atoms with E-state index < -0.39 is 0 Å². The van der Waals surface area contributed by atoms with Crippen LogP contribution in [0.15, 0.2) is 29.3 Å². The molecule has 64 valence electrons. The molecule has 0 atom stereocenters. The van der Waals surface area contributed by atoms with Crippen molar-refractivity contribution < 1.29 is 4.74 Å². The van der Waals surface area contributed by atoms with Gasteiger partial charge in [0.1, 0.15) is 5.75 Å². The Kier molecular flexibility index (Phi) is 3.33. The third kappa shape index (κ3) is 2.38. The van der Waals surface area contributed by atoms with E-state index in [0.717, 1.165) is 11.3 Å². The van der Waals surface area contributed by atoms with E-state index in [4.69, 9.17) is 4.74 Å². The zero-order valence-electron chi connectivity index (χ0n) is 7.45. The van der Waals surface area contributed by atoms with Crippen LogP contribution in [0.25, 0.3) is 0 Å². The molecule has 0 saturated carbocycles. The van der Waals surface area contributed by atoms with Crippen molar-refractivity contribution in [1.29, 1.82) is 0 Å². The van der Waals surface area contributed by atoms with Crippen molar-refractivity contribution in [2.45, 2.75) is 6.92 Å². The van der Waals surface area contributed by atoms with Crippen LogP contribution in [-0.4, -0.2) is 19.9 Å². The lowest BCUT2D eigenvalue weighted by atomic mass is 10.2. The molecule has 1 aromatic rings. The van der Waals surface area contributed by atoms with Gasteiger partial charge in [-0.3, -0.25) is 4.99 Å². The second-order valence-corrected chi connectivity index (χ2v) is 2.39. The molecular formula is C10H13NO. The van der Waals surface area contributed by atoms with Crippen LogP contribution in [0.1, 0.15) is 12.5 Å². The lowest BCUT2D eigenvalue weighted by molar-refractivity contribution is 0.340. The zero-order valence-corrected chi connectivity index (χ0v) is 7.45. The van der Waals surface area contributed by atoms with Gasteiger partial charge >= 0.3 is 0 Å². The van der Waals surface area contributed by atoms with Crippen molar-refractivity contribution in [2.75, 3.05) is 13.7 Å². The summed E-state index contributed by atoms with van der Waals surface area (Å²) in [5, 5.41) is 0. The Morgan fingerprint density at radius 1 is 1.33 bits per heavy atom. The molecule has 0 spiro atoms. The standard InChI is InChI=1S/C10H13NO/c1-3-12-10-6-4-9(5-7-10)8-11-2/h4-8H,3H2,1-2H3. The van der Waals surface area contributed by atoms with E-state index in [1.54, 1.807) is 7.05 Å². The fourth-order valence-electron chi connectivity index (χ4n) is 0.966. The predicted molar refractivity (Wildman–Crippen MR) is 51.1 cm³/mol. The van der Waals surface area contributed by atoms with Gasteiger partial charge in [-0.1, -0.05) is 0 Å². The lowest BCUT2D eigenvalue weighted by Crippen LogP contribution is -1.91.